The van der Waals surface area contributed by atoms with Crippen molar-refractivity contribution >= 4 is 40.4 Å². The van der Waals surface area contributed by atoms with Gasteiger partial charge in [-0.1, -0.05) is 18.5 Å². The quantitative estimate of drug-likeness (QED) is 0.307. The summed E-state index contributed by atoms with van der Waals surface area (Å²) in [5.41, 5.74) is 1.92. The highest BCUT2D eigenvalue weighted by atomic mass is 35.5. The number of pyridine rings is 1. The van der Waals surface area contributed by atoms with Gasteiger partial charge in [-0.15, -0.1) is 0 Å². The van der Waals surface area contributed by atoms with Gasteiger partial charge in [0.2, 0.25) is 0 Å². The van der Waals surface area contributed by atoms with Crippen LogP contribution in [0.15, 0.2) is 73.1 Å². The Balaban J connectivity index is 1.76. The standard InChI is InChI=1S/C27H20ClFN4O3/c1-3-21-22(26(35)33(30-21)20-10-6-17(28)7-11-20)23-24(31-14-4-5-16(2)15-31)27(36)32(25(23)34)19-12-8-18(29)9-13-19/h4-15H,3H2,1-2H3. The highest BCUT2D eigenvalue weighted by Gasteiger charge is 2.47. The van der Waals surface area contributed by atoms with Crippen LogP contribution in [-0.2, 0) is 16.0 Å². The van der Waals surface area contributed by atoms with E-state index in [1.165, 1.54) is 33.5 Å². The van der Waals surface area contributed by atoms with Crippen molar-refractivity contribution in [3.63, 3.8) is 0 Å². The maximum atomic E-state index is 13.8. The number of carbonyl (C=O) groups is 2. The first-order valence-electron chi connectivity index (χ1n) is 11.2. The summed E-state index contributed by atoms with van der Waals surface area (Å²) in [7, 11) is 0. The van der Waals surface area contributed by atoms with Crippen LogP contribution in [0.25, 0.3) is 17.0 Å². The Kier molecular flexibility index (Phi) is 5.89. The molecule has 0 saturated carbocycles. The van der Waals surface area contributed by atoms with Crippen LogP contribution in [0, 0.1) is 12.7 Å². The van der Waals surface area contributed by atoms with Crippen molar-refractivity contribution in [2.75, 3.05) is 4.90 Å². The van der Waals surface area contributed by atoms with E-state index in [-0.39, 0.29) is 22.5 Å². The summed E-state index contributed by atoms with van der Waals surface area (Å²) in [6.45, 7) is 3.67. The van der Waals surface area contributed by atoms with Crippen molar-refractivity contribution in [3.8, 4) is 11.6 Å². The van der Waals surface area contributed by atoms with Crippen LogP contribution in [0.5, 0.6) is 5.88 Å². The fraction of sp³-hybridized carbons (Fsp3) is 0.111. The van der Waals surface area contributed by atoms with E-state index >= 15 is 0 Å². The number of imide groups is 1. The molecule has 0 saturated heterocycles. The summed E-state index contributed by atoms with van der Waals surface area (Å²) in [5, 5.41) is 18.7. The molecule has 2 aromatic heterocycles. The molecular weight excluding hydrogens is 483 g/mol. The second-order valence-electron chi connectivity index (χ2n) is 8.30. The van der Waals surface area contributed by atoms with Crippen molar-refractivity contribution in [1.29, 1.82) is 0 Å². The van der Waals surface area contributed by atoms with Gasteiger partial charge in [0.05, 0.1) is 17.1 Å². The van der Waals surface area contributed by atoms with Crippen LogP contribution in [0.4, 0.5) is 10.1 Å². The second-order valence-corrected chi connectivity index (χ2v) is 8.74. The number of rotatable bonds is 5. The van der Waals surface area contributed by atoms with Gasteiger partial charge in [-0.3, -0.25) is 9.59 Å². The number of hydrogen-bond acceptors (Lipinski definition) is 4. The zero-order chi connectivity index (χ0) is 25.6. The Labute approximate surface area is 211 Å². The van der Waals surface area contributed by atoms with Crippen LogP contribution in [-0.4, -0.2) is 21.6 Å². The summed E-state index contributed by atoms with van der Waals surface area (Å²) < 4.78 is 16.3. The third-order valence-corrected chi connectivity index (χ3v) is 6.17. The Hall–Kier alpha value is -4.30. The molecule has 36 heavy (non-hydrogen) atoms. The van der Waals surface area contributed by atoms with Crippen LogP contribution in [0.1, 0.15) is 23.7 Å². The number of hydrogen-bond donors (Lipinski definition) is 0. The van der Waals surface area contributed by atoms with E-state index in [0.717, 1.165) is 10.5 Å². The van der Waals surface area contributed by atoms with E-state index in [1.54, 1.807) is 42.7 Å². The highest BCUT2D eigenvalue weighted by molar-refractivity contribution is 6.53. The van der Waals surface area contributed by atoms with E-state index < -0.39 is 23.5 Å². The molecule has 3 heterocycles. The molecule has 4 aromatic rings. The first kappa shape index (κ1) is 23.4. The maximum absolute atomic E-state index is 13.8. The number of nitrogens with zero attached hydrogens (tertiary/aromatic N) is 4. The van der Waals surface area contributed by atoms with Crippen molar-refractivity contribution in [1.82, 2.24) is 9.78 Å². The molecule has 2 amide bonds. The molecule has 0 radical (unpaired) electrons. The molecule has 180 valence electrons. The molecule has 0 spiro atoms. The summed E-state index contributed by atoms with van der Waals surface area (Å²) in [6, 6.07) is 15.2. The summed E-state index contributed by atoms with van der Waals surface area (Å²) in [5.74, 6) is -2.34. The molecule has 1 aliphatic rings. The van der Waals surface area contributed by atoms with Crippen LogP contribution in [0.2, 0.25) is 5.02 Å². The van der Waals surface area contributed by atoms with Crippen LogP contribution in [0.3, 0.4) is 0 Å². The highest BCUT2D eigenvalue weighted by Crippen LogP contribution is 2.39. The Morgan fingerprint density at radius 2 is 1.67 bits per heavy atom. The summed E-state index contributed by atoms with van der Waals surface area (Å²) in [4.78, 5) is 28.5. The zero-order valence-corrected chi connectivity index (χ0v) is 20.2. The van der Waals surface area contributed by atoms with Gasteiger partial charge in [-0.05, 0) is 73.8 Å². The lowest BCUT2D eigenvalue weighted by Gasteiger charge is -2.15. The number of aryl methyl sites for hydroxylation is 2. The van der Waals surface area contributed by atoms with Gasteiger partial charge in [-0.25, -0.2) is 14.0 Å². The lowest BCUT2D eigenvalue weighted by Crippen LogP contribution is -2.39. The van der Waals surface area contributed by atoms with Crippen LogP contribution >= 0.6 is 11.6 Å². The van der Waals surface area contributed by atoms with Crippen molar-refractivity contribution < 1.29 is 23.7 Å². The van der Waals surface area contributed by atoms with Gasteiger partial charge < -0.3 is 5.11 Å². The summed E-state index contributed by atoms with van der Waals surface area (Å²) in [6.07, 6.45) is 3.69. The smallest absolute Gasteiger partial charge is 0.331 e. The molecule has 0 unspecified atom stereocenters. The number of aromatic nitrogens is 3. The van der Waals surface area contributed by atoms with Gasteiger partial charge in [0.1, 0.15) is 11.4 Å². The van der Waals surface area contributed by atoms with E-state index in [0.29, 0.717) is 22.8 Å². The average Bonchev–Trinajstić information content (AvgIpc) is 3.32. The molecule has 9 heteroatoms. The zero-order valence-electron chi connectivity index (χ0n) is 19.4. The van der Waals surface area contributed by atoms with Gasteiger partial charge in [-0.2, -0.15) is 9.67 Å². The molecule has 0 atom stereocenters. The van der Waals surface area contributed by atoms with E-state index in [1.807, 2.05) is 19.9 Å². The summed E-state index contributed by atoms with van der Waals surface area (Å²) >= 11 is 6.00. The predicted molar refractivity (Wildman–Crippen MR) is 131 cm³/mol. The molecule has 5 rings (SSSR count). The molecule has 0 bridgehead atoms. The molecule has 0 N–H and O–H groups in total. The van der Waals surface area contributed by atoms with Crippen molar-refractivity contribution in [3.05, 3.63) is 101 Å². The first-order valence-corrected chi connectivity index (χ1v) is 11.6. The minimum absolute atomic E-state index is 0.0236. The van der Waals surface area contributed by atoms with E-state index in [4.69, 9.17) is 11.6 Å². The third-order valence-electron chi connectivity index (χ3n) is 5.92. The Morgan fingerprint density at radius 3 is 2.31 bits per heavy atom. The van der Waals surface area contributed by atoms with E-state index in [2.05, 4.69) is 5.10 Å². The van der Waals surface area contributed by atoms with Gasteiger partial charge >= 0.3 is 5.91 Å². The molecule has 7 nitrogen and oxygen atoms in total. The fourth-order valence-electron chi connectivity index (χ4n) is 4.24. The minimum Gasteiger partial charge on any atom is -0.858 e. The van der Waals surface area contributed by atoms with Gasteiger partial charge in [0.15, 0.2) is 12.4 Å². The second kappa shape index (κ2) is 9.05. The topological polar surface area (TPSA) is 82.1 Å². The number of anilines is 1. The fourth-order valence-corrected chi connectivity index (χ4v) is 4.37. The normalized spacial score (nSPS) is 13.7. The first-order chi connectivity index (χ1) is 17.3. The average molecular weight is 503 g/mol. The van der Waals surface area contributed by atoms with Crippen LogP contribution < -0.4 is 14.6 Å². The predicted octanol–water partition coefficient (Wildman–Crippen LogP) is 3.84. The lowest BCUT2D eigenvalue weighted by molar-refractivity contribution is -0.577. The number of halogens is 2. The largest absolute Gasteiger partial charge is 0.858 e. The molecule has 0 fully saturated rings. The van der Waals surface area contributed by atoms with Gasteiger partial charge in [0, 0.05) is 22.2 Å². The lowest BCUT2D eigenvalue weighted by atomic mass is 10.0. The SMILES string of the molecule is CCc1nn(-c2ccc(Cl)cc2)c([O-])c1C1=C([n+]2cccc(C)c2)C(=O)N(c2ccc(F)cc2)C1=O. The monoisotopic (exact) mass is 502 g/mol. The number of benzene rings is 2. The molecule has 1 aliphatic heterocycles. The van der Waals surface area contributed by atoms with Gasteiger partial charge in [0.25, 0.3) is 11.6 Å². The number of amides is 2. The number of carbonyl (C=O) groups excluding carboxylic acids is 2. The molecular formula is C27H20ClFN4O3. The Bertz CT molecular complexity index is 1540. The third kappa shape index (κ3) is 3.85. The molecule has 2 aromatic carbocycles. The maximum Gasteiger partial charge on any atom is 0.331 e. The van der Waals surface area contributed by atoms with E-state index in [9.17, 15) is 19.1 Å². The molecule has 0 aliphatic carbocycles. The van der Waals surface area contributed by atoms with Crippen molar-refractivity contribution in [2.45, 2.75) is 20.3 Å². The Morgan fingerprint density at radius 1 is 1.00 bits per heavy atom. The minimum atomic E-state index is -0.682. The van der Waals surface area contributed by atoms with Crippen molar-refractivity contribution in [2.24, 2.45) is 0 Å².